The Hall–Kier alpha value is -2.09. The summed E-state index contributed by atoms with van der Waals surface area (Å²) >= 11 is 0. The number of benzene rings is 2. The lowest BCUT2D eigenvalue weighted by Crippen LogP contribution is -2.52. The van der Waals surface area contributed by atoms with Crippen LogP contribution in [0.3, 0.4) is 0 Å². The van der Waals surface area contributed by atoms with Crippen molar-refractivity contribution in [3.05, 3.63) is 71.8 Å². The molecule has 2 aromatic rings. The zero-order valence-corrected chi connectivity index (χ0v) is 15.5. The highest BCUT2D eigenvalue weighted by atomic mass is 16.2. The Bertz CT molecular complexity index is 712. The third kappa shape index (κ3) is 3.70. The van der Waals surface area contributed by atoms with E-state index in [1.165, 1.54) is 36.8 Å². The Balaban J connectivity index is 1.45. The highest BCUT2D eigenvalue weighted by molar-refractivity contribution is 5.77. The van der Waals surface area contributed by atoms with Gasteiger partial charge in [-0.15, -0.1) is 0 Å². The van der Waals surface area contributed by atoms with Gasteiger partial charge in [0.1, 0.15) is 0 Å². The lowest BCUT2D eigenvalue weighted by Gasteiger charge is -2.48. The molecule has 1 aliphatic heterocycles. The Labute approximate surface area is 157 Å². The van der Waals surface area contributed by atoms with Crippen molar-refractivity contribution < 1.29 is 4.79 Å². The standard InChI is InChI=1S/C24H29NO/c26-24(16-15-19-9-3-1-4-10-19)25-18-17-21(20-11-5-2-6-12-20)22-13-7-8-14-23(22)25/h1-6,9-12,21-23H,7-8,13-18H2/t21-,22?,23-/m1/s1. The van der Waals surface area contributed by atoms with E-state index in [-0.39, 0.29) is 0 Å². The van der Waals surface area contributed by atoms with E-state index in [9.17, 15) is 4.79 Å². The van der Waals surface area contributed by atoms with Crippen LogP contribution in [0.5, 0.6) is 0 Å². The van der Waals surface area contributed by atoms with E-state index in [0.717, 1.165) is 19.4 Å². The highest BCUT2D eigenvalue weighted by Crippen LogP contribution is 2.44. The van der Waals surface area contributed by atoms with Gasteiger partial charge in [0.2, 0.25) is 5.91 Å². The number of rotatable bonds is 4. The topological polar surface area (TPSA) is 20.3 Å². The predicted molar refractivity (Wildman–Crippen MR) is 106 cm³/mol. The van der Waals surface area contributed by atoms with Gasteiger partial charge in [0.25, 0.3) is 0 Å². The summed E-state index contributed by atoms with van der Waals surface area (Å²) in [6.07, 6.45) is 7.65. The van der Waals surface area contributed by atoms with E-state index in [0.29, 0.717) is 30.2 Å². The second-order valence-corrected chi connectivity index (χ2v) is 7.89. The van der Waals surface area contributed by atoms with Crippen LogP contribution in [0.15, 0.2) is 60.7 Å². The van der Waals surface area contributed by atoms with Gasteiger partial charge in [0.05, 0.1) is 0 Å². The Morgan fingerprint density at radius 2 is 1.58 bits per heavy atom. The number of hydrogen-bond acceptors (Lipinski definition) is 1. The van der Waals surface area contributed by atoms with Crippen LogP contribution in [0.1, 0.15) is 55.6 Å². The summed E-state index contributed by atoms with van der Waals surface area (Å²) in [6.45, 7) is 0.925. The van der Waals surface area contributed by atoms with Gasteiger partial charge in [-0.25, -0.2) is 0 Å². The number of likely N-dealkylation sites (tertiary alicyclic amines) is 1. The molecule has 2 aliphatic rings. The van der Waals surface area contributed by atoms with Crippen molar-refractivity contribution in [2.75, 3.05) is 6.54 Å². The van der Waals surface area contributed by atoms with Crippen LogP contribution in [-0.2, 0) is 11.2 Å². The van der Waals surface area contributed by atoms with Crippen LogP contribution < -0.4 is 0 Å². The molecule has 2 nitrogen and oxygen atoms in total. The van der Waals surface area contributed by atoms with Gasteiger partial charge >= 0.3 is 0 Å². The maximum absolute atomic E-state index is 13.0. The van der Waals surface area contributed by atoms with Crippen LogP contribution in [0, 0.1) is 5.92 Å². The normalized spacial score (nSPS) is 25.5. The molecule has 2 heteroatoms. The van der Waals surface area contributed by atoms with Crippen molar-refractivity contribution in [2.45, 2.75) is 56.9 Å². The lowest BCUT2D eigenvalue weighted by atomic mass is 9.69. The fraction of sp³-hybridized carbons (Fsp3) is 0.458. The number of aryl methyl sites for hydroxylation is 1. The number of piperidine rings is 1. The monoisotopic (exact) mass is 347 g/mol. The molecule has 0 spiro atoms. The molecule has 3 atom stereocenters. The quantitative estimate of drug-likeness (QED) is 0.745. The van der Waals surface area contributed by atoms with Crippen molar-refractivity contribution >= 4 is 5.91 Å². The summed E-state index contributed by atoms with van der Waals surface area (Å²) in [5.41, 5.74) is 2.74. The first-order valence-corrected chi connectivity index (χ1v) is 10.2. The molecule has 1 heterocycles. The van der Waals surface area contributed by atoms with Crippen LogP contribution in [0.2, 0.25) is 0 Å². The first-order valence-electron chi connectivity index (χ1n) is 10.2. The summed E-state index contributed by atoms with van der Waals surface area (Å²) in [4.78, 5) is 15.2. The third-order valence-corrected chi connectivity index (χ3v) is 6.40. The molecule has 2 fully saturated rings. The molecule has 4 rings (SSSR count). The molecule has 0 bridgehead atoms. The Morgan fingerprint density at radius 3 is 2.35 bits per heavy atom. The van der Waals surface area contributed by atoms with Crippen LogP contribution >= 0.6 is 0 Å². The Morgan fingerprint density at radius 1 is 0.885 bits per heavy atom. The fourth-order valence-corrected chi connectivity index (χ4v) is 5.12. The molecule has 2 aromatic carbocycles. The fourth-order valence-electron chi connectivity index (χ4n) is 5.12. The largest absolute Gasteiger partial charge is 0.339 e. The first-order chi connectivity index (χ1) is 12.8. The molecule has 0 aromatic heterocycles. The smallest absolute Gasteiger partial charge is 0.223 e. The van der Waals surface area contributed by atoms with Crippen molar-refractivity contribution in [1.82, 2.24) is 4.90 Å². The molecule has 1 amide bonds. The second-order valence-electron chi connectivity index (χ2n) is 7.89. The van der Waals surface area contributed by atoms with Crippen molar-refractivity contribution in [3.8, 4) is 0 Å². The molecule has 1 saturated heterocycles. The van der Waals surface area contributed by atoms with E-state index < -0.39 is 0 Å². The summed E-state index contributed by atoms with van der Waals surface area (Å²) in [5, 5.41) is 0. The number of amides is 1. The number of fused-ring (bicyclic) bond motifs is 1. The minimum absolute atomic E-state index is 0.359. The summed E-state index contributed by atoms with van der Waals surface area (Å²) < 4.78 is 0. The van der Waals surface area contributed by atoms with Gasteiger partial charge in [0.15, 0.2) is 0 Å². The van der Waals surface area contributed by atoms with Crippen LogP contribution in [0.25, 0.3) is 0 Å². The average Bonchev–Trinajstić information content (AvgIpc) is 2.72. The van der Waals surface area contributed by atoms with E-state index in [2.05, 4.69) is 59.5 Å². The second kappa shape index (κ2) is 8.07. The van der Waals surface area contributed by atoms with E-state index in [1.54, 1.807) is 0 Å². The van der Waals surface area contributed by atoms with Crippen LogP contribution in [-0.4, -0.2) is 23.4 Å². The van der Waals surface area contributed by atoms with Gasteiger partial charge in [-0.3, -0.25) is 4.79 Å². The molecule has 1 unspecified atom stereocenters. The molecule has 26 heavy (non-hydrogen) atoms. The predicted octanol–water partition coefficient (Wildman–Crippen LogP) is 5.19. The summed E-state index contributed by atoms with van der Waals surface area (Å²) in [5.74, 6) is 1.62. The third-order valence-electron chi connectivity index (χ3n) is 6.40. The summed E-state index contributed by atoms with van der Waals surface area (Å²) in [7, 11) is 0. The van der Waals surface area contributed by atoms with Gasteiger partial charge in [0, 0.05) is 19.0 Å². The number of carbonyl (C=O) groups excluding carboxylic acids is 1. The maximum Gasteiger partial charge on any atom is 0.223 e. The number of nitrogens with zero attached hydrogens (tertiary/aromatic N) is 1. The number of carbonyl (C=O) groups is 1. The maximum atomic E-state index is 13.0. The minimum Gasteiger partial charge on any atom is -0.339 e. The first kappa shape index (κ1) is 17.3. The van der Waals surface area contributed by atoms with Gasteiger partial charge in [-0.05, 0) is 48.6 Å². The highest BCUT2D eigenvalue weighted by Gasteiger charge is 2.41. The number of hydrogen-bond donors (Lipinski definition) is 0. The molecular weight excluding hydrogens is 318 g/mol. The lowest BCUT2D eigenvalue weighted by molar-refractivity contribution is -0.138. The minimum atomic E-state index is 0.359. The van der Waals surface area contributed by atoms with Gasteiger partial charge < -0.3 is 4.90 Å². The van der Waals surface area contributed by atoms with Gasteiger partial charge in [-0.1, -0.05) is 73.5 Å². The van der Waals surface area contributed by atoms with E-state index in [4.69, 9.17) is 0 Å². The molecule has 1 aliphatic carbocycles. The van der Waals surface area contributed by atoms with E-state index >= 15 is 0 Å². The molecule has 0 radical (unpaired) electrons. The SMILES string of the molecule is O=C(CCc1ccccc1)N1CC[C@H](c2ccccc2)C2CCCC[C@H]21. The molecule has 136 valence electrons. The average molecular weight is 348 g/mol. The van der Waals surface area contributed by atoms with Crippen molar-refractivity contribution in [3.63, 3.8) is 0 Å². The van der Waals surface area contributed by atoms with Crippen molar-refractivity contribution in [2.24, 2.45) is 5.92 Å². The zero-order chi connectivity index (χ0) is 17.8. The van der Waals surface area contributed by atoms with Crippen LogP contribution in [0.4, 0.5) is 0 Å². The zero-order valence-electron chi connectivity index (χ0n) is 15.5. The molecular formula is C24H29NO. The Kier molecular flexibility index (Phi) is 5.38. The van der Waals surface area contributed by atoms with Crippen molar-refractivity contribution in [1.29, 1.82) is 0 Å². The summed E-state index contributed by atoms with van der Waals surface area (Å²) in [6, 6.07) is 21.8. The molecule has 0 N–H and O–H groups in total. The van der Waals surface area contributed by atoms with Gasteiger partial charge in [-0.2, -0.15) is 0 Å². The van der Waals surface area contributed by atoms with E-state index in [1.807, 2.05) is 6.07 Å². The molecule has 1 saturated carbocycles.